The topological polar surface area (TPSA) is 79.4 Å². The molecule has 0 radical (unpaired) electrons. The van der Waals surface area contributed by atoms with Crippen molar-refractivity contribution in [1.82, 2.24) is 9.80 Å². The number of anilines is 1. The first-order chi connectivity index (χ1) is 15.5. The average molecular weight is 437 g/mol. The standard InChI is InChI=1S/C24H27N3O5/c1-31-20-5-7-21(8-6-20)32-16-15-25-11-13-26(14-12-25)24(30)18-3-2-4-19(17-18)27-22(28)9-10-23(27)29/h2-8,17H,9-16H2,1H3. The van der Waals surface area contributed by atoms with E-state index in [0.717, 1.165) is 31.1 Å². The van der Waals surface area contributed by atoms with Gasteiger partial charge in [-0.15, -0.1) is 0 Å². The molecular weight excluding hydrogens is 410 g/mol. The molecule has 0 unspecified atom stereocenters. The van der Waals surface area contributed by atoms with Gasteiger partial charge in [-0.25, -0.2) is 0 Å². The lowest BCUT2D eigenvalue weighted by Crippen LogP contribution is -2.49. The average Bonchev–Trinajstić information content (AvgIpc) is 3.17. The van der Waals surface area contributed by atoms with Gasteiger partial charge in [0.25, 0.3) is 5.91 Å². The molecule has 2 fully saturated rings. The molecule has 4 rings (SSSR count). The van der Waals surface area contributed by atoms with E-state index in [-0.39, 0.29) is 30.6 Å². The van der Waals surface area contributed by atoms with E-state index >= 15 is 0 Å². The second-order valence-corrected chi connectivity index (χ2v) is 7.83. The van der Waals surface area contributed by atoms with Gasteiger partial charge in [-0.1, -0.05) is 6.07 Å². The van der Waals surface area contributed by atoms with Crippen molar-refractivity contribution >= 4 is 23.4 Å². The van der Waals surface area contributed by atoms with Gasteiger partial charge in [0.05, 0.1) is 12.8 Å². The van der Waals surface area contributed by atoms with E-state index in [1.54, 1.807) is 31.4 Å². The summed E-state index contributed by atoms with van der Waals surface area (Å²) in [6.45, 7) is 4.12. The molecule has 2 heterocycles. The van der Waals surface area contributed by atoms with Crippen LogP contribution in [0.4, 0.5) is 5.69 Å². The molecule has 2 aliphatic heterocycles. The smallest absolute Gasteiger partial charge is 0.254 e. The number of carbonyl (C=O) groups is 3. The van der Waals surface area contributed by atoms with Crippen LogP contribution in [0.15, 0.2) is 48.5 Å². The quantitative estimate of drug-likeness (QED) is 0.618. The van der Waals surface area contributed by atoms with Crippen LogP contribution in [0.3, 0.4) is 0 Å². The summed E-state index contributed by atoms with van der Waals surface area (Å²) in [6, 6.07) is 14.3. The number of amides is 3. The fraction of sp³-hybridized carbons (Fsp3) is 0.375. The van der Waals surface area contributed by atoms with Crippen LogP contribution in [0.2, 0.25) is 0 Å². The summed E-state index contributed by atoms with van der Waals surface area (Å²) in [4.78, 5) is 42.2. The molecule has 2 saturated heterocycles. The maximum Gasteiger partial charge on any atom is 0.254 e. The van der Waals surface area contributed by atoms with E-state index in [2.05, 4.69) is 4.90 Å². The van der Waals surface area contributed by atoms with Crippen molar-refractivity contribution in [3.63, 3.8) is 0 Å². The largest absolute Gasteiger partial charge is 0.497 e. The second kappa shape index (κ2) is 9.82. The van der Waals surface area contributed by atoms with E-state index in [9.17, 15) is 14.4 Å². The Labute approximate surface area is 187 Å². The number of piperazine rings is 1. The normalized spacial score (nSPS) is 17.0. The van der Waals surface area contributed by atoms with Gasteiger partial charge in [0.1, 0.15) is 18.1 Å². The number of carbonyl (C=O) groups excluding carboxylic acids is 3. The Hall–Kier alpha value is -3.39. The summed E-state index contributed by atoms with van der Waals surface area (Å²) in [5.74, 6) is 1.08. The highest BCUT2D eigenvalue weighted by Crippen LogP contribution is 2.24. The molecule has 0 bridgehead atoms. The molecule has 8 nitrogen and oxygen atoms in total. The number of ether oxygens (including phenoxy) is 2. The van der Waals surface area contributed by atoms with E-state index in [1.165, 1.54) is 4.90 Å². The number of hydrogen-bond acceptors (Lipinski definition) is 6. The van der Waals surface area contributed by atoms with Crippen molar-refractivity contribution in [1.29, 1.82) is 0 Å². The Kier molecular flexibility index (Phi) is 6.70. The van der Waals surface area contributed by atoms with Gasteiger partial charge >= 0.3 is 0 Å². The molecule has 2 aromatic carbocycles. The minimum atomic E-state index is -0.218. The number of imide groups is 1. The van der Waals surface area contributed by atoms with Gasteiger partial charge in [0, 0.05) is 51.1 Å². The Morgan fingerprint density at radius 2 is 1.56 bits per heavy atom. The highest BCUT2D eigenvalue weighted by molar-refractivity contribution is 6.20. The van der Waals surface area contributed by atoms with Crippen LogP contribution in [0, 0.1) is 0 Å². The summed E-state index contributed by atoms with van der Waals surface area (Å²) in [5.41, 5.74) is 0.962. The number of benzene rings is 2. The minimum absolute atomic E-state index is 0.0833. The van der Waals surface area contributed by atoms with Crippen molar-refractivity contribution in [3.8, 4) is 11.5 Å². The van der Waals surface area contributed by atoms with Crippen LogP contribution >= 0.6 is 0 Å². The number of nitrogens with zero attached hydrogens (tertiary/aromatic N) is 3. The summed E-state index contributed by atoms with van der Waals surface area (Å²) in [6.07, 6.45) is 0.447. The SMILES string of the molecule is COc1ccc(OCCN2CCN(C(=O)c3cccc(N4C(=O)CCC4=O)c3)CC2)cc1. The second-order valence-electron chi connectivity index (χ2n) is 7.83. The van der Waals surface area contributed by atoms with Gasteiger partial charge in [-0.2, -0.15) is 0 Å². The summed E-state index contributed by atoms with van der Waals surface area (Å²) in [7, 11) is 1.63. The van der Waals surface area contributed by atoms with Gasteiger partial charge in [-0.3, -0.25) is 24.2 Å². The maximum absolute atomic E-state index is 13.0. The predicted molar refractivity (Wildman–Crippen MR) is 119 cm³/mol. The van der Waals surface area contributed by atoms with Crippen LogP contribution in [-0.4, -0.2) is 74.0 Å². The van der Waals surface area contributed by atoms with Gasteiger partial charge in [0.15, 0.2) is 0 Å². The highest BCUT2D eigenvalue weighted by Gasteiger charge is 2.31. The summed E-state index contributed by atoms with van der Waals surface area (Å²) >= 11 is 0. The Morgan fingerprint density at radius 1 is 0.906 bits per heavy atom. The molecule has 0 atom stereocenters. The van der Waals surface area contributed by atoms with Gasteiger partial charge in [0.2, 0.25) is 11.8 Å². The number of hydrogen-bond donors (Lipinski definition) is 0. The van der Waals surface area contributed by atoms with Crippen molar-refractivity contribution in [2.45, 2.75) is 12.8 Å². The fourth-order valence-corrected chi connectivity index (χ4v) is 3.96. The van der Waals surface area contributed by atoms with Crippen LogP contribution in [0.5, 0.6) is 11.5 Å². The fourth-order valence-electron chi connectivity index (χ4n) is 3.96. The highest BCUT2D eigenvalue weighted by atomic mass is 16.5. The predicted octanol–water partition coefficient (Wildman–Crippen LogP) is 2.19. The molecule has 2 aromatic rings. The van der Waals surface area contributed by atoms with Crippen molar-refractivity contribution < 1.29 is 23.9 Å². The van der Waals surface area contributed by atoms with Crippen LogP contribution in [-0.2, 0) is 9.59 Å². The third-order valence-electron chi connectivity index (χ3n) is 5.80. The zero-order chi connectivity index (χ0) is 22.5. The molecule has 0 aliphatic carbocycles. The first kappa shape index (κ1) is 21.8. The zero-order valence-electron chi connectivity index (χ0n) is 18.2. The van der Waals surface area contributed by atoms with Crippen LogP contribution < -0.4 is 14.4 Å². The summed E-state index contributed by atoms with van der Waals surface area (Å²) in [5, 5.41) is 0. The molecular formula is C24H27N3O5. The van der Waals surface area contributed by atoms with Crippen LogP contribution in [0.1, 0.15) is 23.2 Å². The van der Waals surface area contributed by atoms with Crippen LogP contribution in [0.25, 0.3) is 0 Å². The third-order valence-corrected chi connectivity index (χ3v) is 5.80. The molecule has 0 aromatic heterocycles. The lowest BCUT2D eigenvalue weighted by molar-refractivity contribution is -0.121. The number of methoxy groups -OCH3 is 1. The monoisotopic (exact) mass is 437 g/mol. The Bertz CT molecular complexity index is 967. The van der Waals surface area contributed by atoms with Crippen molar-refractivity contribution in [2.75, 3.05) is 51.3 Å². The van der Waals surface area contributed by atoms with Gasteiger partial charge in [-0.05, 0) is 42.5 Å². The molecule has 2 aliphatic rings. The van der Waals surface area contributed by atoms with E-state index in [4.69, 9.17) is 9.47 Å². The molecule has 8 heteroatoms. The molecule has 0 N–H and O–H groups in total. The molecule has 3 amide bonds. The van der Waals surface area contributed by atoms with E-state index < -0.39 is 0 Å². The lowest BCUT2D eigenvalue weighted by atomic mass is 10.1. The molecule has 0 saturated carbocycles. The van der Waals surface area contributed by atoms with Crippen molar-refractivity contribution in [2.24, 2.45) is 0 Å². The first-order valence-electron chi connectivity index (χ1n) is 10.8. The van der Waals surface area contributed by atoms with Gasteiger partial charge < -0.3 is 14.4 Å². The Balaban J connectivity index is 1.27. The minimum Gasteiger partial charge on any atom is -0.497 e. The van der Waals surface area contributed by atoms with E-state index in [1.807, 2.05) is 29.2 Å². The molecule has 32 heavy (non-hydrogen) atoms. The lowest BCUT2D eigenvalue weighted by Gasteiger charge is -2.34. The summed E-state index contributed by atoms with van der Waals surface area (Å²) < 4.78 is 10.9. The molecule has 168 valence electrons. The molecule has 0 spiro atoms. The van der Waals surface area contributed by atoms with E-state index in [0.29, 0.717) is 30.9 Å². The third kappa shape index (κ3) is 4.91. The maximum atomic E-state index is 13.0. The Morgan fingerprint density at radius 3 is 2.22 bits per heavy atom. The first-order valence-corrected chi connectivity index (χ1v) is 10.8. The number of rotatable bonds is 7. The van der Waals surface area contributed by atoms with Crippen molar-refractivity contribution in [3.05, 3.63) is 54.1 Å². The zero-order valence-corrected chi connectivity index (χ0v) is 18.2.